The molecule has 0 bridgehead atoms. The molecular formula is C12H13BrN2O2. The minimum absolute atomic E-state index is 0.161. The lowest BCUT2D eigenvalue weighted by molar-refractivity contribution is 0.0592. The third-order valence-electron chi connectivity index (χ3n) is 2.91. The van der Waals surface area contributed by atoms with Crippen LogP contribution in [0.4, 0.5) is 0 Å². The Morgan fingerprint density at radius 3 is 2.59 bits per heavy atom. The third-order valence-corrected chi connectivity index (χ3v) is 3.40. The van der Waals surface area contributed by atoms with Crippen LogP contribution in [0, 0.1) is 0 Å². The van der Waals surface area contributed by atoms with Crippen LogP contribution >= 0.6 is 15.9 Å². The molecule has 1 aromatic carbocycles. The summed E-state index contributed by atoms with van der Waals surface area (Å²) < 4.78 is 0.797. The van der Waals surface area contributed by atoms with Gasteiger partial charge in [-0.05, 0) is 38.1 Å². The number of fused-ring (bicyclic) bond motifs is 1. The van der Waals surface area contributed by atoms with Gasteiger partial charge in [0.05, 0.1) is 11.1 Å². The number of rotatable bonds is 3. The Balaban J connectivity index is 2.38. The summed E-state index contributed by atoms with van der Waals surface area (Å²) in [6, 6.07) is 4.96. The maximum atomic E-state index is 12.1. The highest BCUT2D eigenvalue weighted by Crippen LogP contribution is 2.27. The summed E-state index contributed by atoms with van der Waals surface area (Å²) in [5, 5.41) is 0. The van der Waals surface area contributed by atoms with Crippen LogP contribution in [0.1, 0.15) is 34.1 Å². The Kier molecular flexibility index (Phi) is 3.31. The van der Waals surface area contributed by atoms with E-state index in [1.807, 2.05) is 6.92 Å². The fraction of sp³-hybridized carbons (Fsp3) is 0.333. The van der Waals surface area contributed by atoms with Crippen molar-refractivity contribution < 1.29 is 9.59 Å². The minimum atomic E-state index is -0.229. The molecule has 90 valence electrons. The molecule has 0 aromatic heterocycles. The molecule has 2 N–H and O–H groups in total. The van der Waals surface area contributed by atoms with Gasteiger partial charge in [0, 0.05) is 10.5 Å². The summed E-state index contributed by atoms with van der Waals surface area (Å²) in [4.78, 5) is 25.5. The van der Waals surface area contributed by atoms with Crippen LogP contribution in [-0.2, 0) is 0 Å². The van der Waals surface area contributed by atoms with Gasteiger partial charge in [-0.25, -0.2) is 0 Å². The maximum absolute atomic E-state index is 12.1. The average molecular weight is 297 g/mol. The lowest BCUT2D eigenvalue weighted by atomic mass is 10.1. The molecule has 0 saturated carbocycles. The van der Waals surface area contributed by atoms with E-state index >= 15 is 0 Å². The molecule has 2 rings (SSSR count). The first-order valence-electron chi connectivity index (χ1n) is 5.43. The first kappa shape index (κ1) is 12.3. The highest BCUT2D eigenvalue weighted by atomic mass is 79.9. The monoisotopic (exact) mass is 296 g/mol. The Labute approximate surface area is 108 Å². The molecule has 1 aromatic rings. The summed E-state index contributed by atoms with van der Waals surface area (Å²) in [6.07, 6.45) is 0.618. The number of benzene rings is 1. The molecule has 4 nitrogen and oxygen atoms in total. The Morgan fingerprint density at radius 1 is 1.29 bits per heavy atom. The van der Waals surface area contributed by atoms with Crippen molar-refractivity contribution in [3.8, 4) is 0 Å². The van der Waals surface area contributed by atoms with E-state index in [0.29, 0.717) is 24.1 Å². The molecule has 1 unspecified atom stereocenters. The third kappa shape index (κ3) is 2.00. The zero-order valence-corrected chi connectivity index (χ0v) is 11.0. The van der Waals surface area contributed by atoms with Crippen molar-refractivity contribution in [1.29, 1.82) is 0 Å². The first-order chi connectivity index (χ1) is 8.06. The largest absolute Gasteiger partial charge is 0.330 e. The van der Waals surface area contributed by atoms with Crippen molar-refractivity contribution in [2.75, 3.05) is 6.54 Å². The second-order valence-corrected chi connectivity index (χ2v) is 5.01. The fourth-order valence-electron chi connectivity index (χ4n) is 2.00. The highest BCUT2D eigenvalue weighted by Gasteiger charge is 2.37. The van der Waals surface area contributed by atoms with Crippen LogP contribution in [0.5, 0.6) is 0 Å². The van der Waals surface area contributed by atoms with Crippen molar-refractivity contribution in [2.24, 2.45) is 5.73 Å². The molecule has 1 aliphatic rings. The number of nitrogens with two attached hydrogens (primary N) is 1. The molecule has 0 saturated heterocycles. The molecule has 0 spiro atoms. The predicted octanol–water partition coefficient (Wildman–Crippen LogP) is 1.78. The normalized spacial score (nSPS) is 16.3. The lowest BCUT2D eigenvalue weighted by Gasteiger charge is -2.21. The van der Waals surface area contributed by atoms with Gasteiger partial charge < -0.3 is 5.73 Å². The van der Waals surface area contributed by atoms with Gasteiger partial charge in [0.1, 0.15) is 0 Å². The van der Waals surface area contributed by atoms with Gasteiger partial charge in [0.2, 0.25) is 0 Å². The van der Waals surface area contributed by atoms with Crippen LogP contribution in [0.3, 0.4) is 0 Å². The van der Waals surface area contributed by atoms with Crippen LogP contribution in [0.25, 0.3) is 0 Å². The van der Waals surface area contributed by atoms with Crippen molar-refractivity contribution >= 4 is 27.7 Å². The second-order valence-electron chi connectivity index (χ2n) is 4.10. The lowest BCUT2D eigenvalue weighted by Crippen LogP contribution is -2.39. The quantitative estimate of drug-likeness (QED) is 0.865. The SMILES string of the molecule is CC(CCN)N1C(=O)c2ccc(Br)cc2C1=O. The van der Waals surface area contributed by atoms with E-state index in [0.717, 1.165) is 4.47 Å². The van der Waals surface area contributed by atoms with E-state index in [-0.39, 0.29) is 17.9 Å². The fourth-order valence-corrected chi connectivity index (χ4v) is 2.36. The molecular weight excluding hydrogens is 284 g/mol. The number of hydrogen-bond acceptors (Lipinski definition) is 3. The van der Waals surface area contributed by atoms with Crippen LogP contribution < -0.4 is 5.73 Å². The molecule has 0 aliphatic carbocycles. The van der Waals surface area contributed by atoms with Gasteiger partial charge in [-0.2, -0.15) is 0 Å². The average Bonchev–Trinajstić information content (AvgIpc) is 2.52. The van der Waals surface area contributed by atoms with E-state index < -0.39 is 0 Å². The molecule has 1 heterocycles. The Hall–Kier alpha value is -1.20. The zero-order chi connectivity index (χ0) is 12.6. The predicted molar refractivity (Wildman–Crippen MR) is 67.8 cm³/mol. The van der Waals surface area contributed by atoms with Gasteiger partial charge in [-0.3, -0.25) is 14.5 Å². The van der Waals surface area contributed by atoms with Crippen LogP contribution in [0.2, 0.25) is 0 Å². The van der Waals surface area contributed by atoms with E-state index in [9.17, 15) is 9.59 Å². The van der Waals surface area contributed by atoms with Gasteiger partial charge in [-0.15, -0.1) is 0 Å². The number of imide groups is 1. The van der Waals surface area contributed by atoms with Crippen LogP contribution in [-0.4, -0.2) is 29.3 Å². The van der Waals surface area contributed by atoms with Crippen molar-refractivity contribution in [3.05, 3.63) is 33.8 Å². The van der Waals surface area contributed by atoms with Crippen molar-refractivity contribution in [3.63, 3.8) is 0 Å². The minimum Gasteiger partial charge on any atom is -0.330 e. The van der Waals surface area contributed by atoms with E-state index in [1.54, 1.807) is 18.2 Å². The Bertz CT molecular complexity index is 487. The van der Waals surface area contributed by atoms with E-state index in [2.05, 4.69) is 15.9 Å². The number of halogens is 1. The number of carbonyl (C=O) groups is 2. The molecule has 1 atom stereocenters. The van der Waals surface area contributed by atoms with Crippen LogP contribution in [0.15, 0.2) is 22.7 Å². The molecule has 0 fully saturated rings. The van der Waals surface area contributed by atoms with E-state index in [4.69, 9.17) is 5.73 Å². The summed E-state index contributed by atoms with van der Waals surface area (Å²) in [6.45, 7) is 2.29. The van der Waals surface area contributed by atoms with Crippen molar-refractivity contribution in [2.45, 2.75) is 19.4 Å². The first-order valence-corrected chi connectivity index (χ1v) is 6.23. The summed E-state index contributed by atoms with van der Waals surface area (Å²) in [5.74, 6) is -0.453. The molecule has 5 heteroatoms. The van der Waals surface area contributed by atoms with E-state index in [1.165, 1.54) is 4.90 Å². The van der Waals surface area contributed by atoms with Gasteiger partial charge in [0.25, 0.3) is 11.8 Å². The summed E-state index contributed by atoms with van der Waals surface area (Å²) in [5.41, 5.74) is 6.40. The number of amides is 2. The summed E-state index contributed by atoms with van der Waals surface area (Å²) in [7, 11) is 0. The number of nitrogens with zero attached hydrogens (tertiary/aromatic N) is 1. The number of hydrogen-bond donors (Lipinski definition) is 1. The standard InChI is InChI=1S/C12H13BrN2O2/c1-7(4-5-14)15-11(16)9-3-2-8(13)6-10(9)12(15)17/h2-3,6-7H,4-5,14H2,1H3. The smallest absolute Gasteiger partial charge is 0.261 e. The molecule has 2 amide bonds. The van der Waals surface area contributed by atoms with Gasteiger partial charge in [0.15, 0.2) is 0 Å². The molecule has 0 radical (unpaired) electrons. The molecule has 17 heavy (non-hydrogen) atoms. The van der Waals surface area contributed by atoms with Crippen molar-refractivity contribution in [1.82, 2.24) is 4.90 Å². The molecule has 1 aliphatic heterocycles. The maximum Gasteiger partial charge on any atom is 0.261 e. The highest BCUT2D eigenvalue weighted by molar-refractivity contribution is 9.10. The number of carbonyl (C=O) groups excluding carboxylic acids is 2. The Morgan fingerprint density at radius 2 is 1.94 bits per heavy atom. The second kappa shape index (κ2) is 4.58. The zero-order valence-electron chi connectivity index (χ0n) is 9.44. The summed E-state index contributed by atoms with van der Waals surface area (Å²) >= 11 is 3.30. The van der Waals surface area contributed by atoms with Gasteiger partial charge in [-0.1, -0.05) is 15.9 Å². The topological polar surface area (TPSA) is 63.4 Å². The van der Waals surface area contributed by atoms with Gasteiger partial charge >= 0.3 is 0 Å².